The van der Waals surface area contributed by atoms with E-state index in [1.165, 1.54) is 0 Å². The molecule has 4 nitrogen and oxygen atoms in total. The van der Waals surface area contributed by atoms with E-state index in [9.17, 15) is 4.79 Å². The Bertz CT molecular complexity index is 299. The first-order valence-electron chi connectivity index (χ1n) is 4.01. The molecule has 0 spiro atoms. The van der Waals surface area contributed by atoms with Gasteiger partial charge in [-0.15, -0.1) is 0 Å². The van der Waals surface area contributed by atoms with E-state index in [1.807, 2.05) is 6.07 Å². The molecule has 0 bridgehead atoms. The molecule has 0 unspecified atom stereocenters. The molecular weight excluding hydrogens is 168 g/mol. The van der Waals surface area contributed by atoms with Crippen LogP contribution in [-0.2, 0) is 0 Å². The summed E-state index contributed by atoms with van der Waals surface area (Å²) in [5, 5.41) is 11.7. The fraction of sp³-hybridized carbons (Fsp3) is 0.222. The Kier molecular flexibility index (Phi) is 3.28. The number of aromatic carboxylic acids is 1. The van der Waals surface area contributed by atoms with Crippen molar-refractivity contribution in [3.8, 4) is 0 Å². The summed E-state index contributed by atoms with van der Waals surface area (Å²) in [6, 6.07) is 6.64. The van der Waals surface area contributed by atoms with E-state index in [4.69, 9.17) is 10.8 Å². The lowest BCUT2D eigenvalue weighted by Gasteiger charge is -2.04. The van der Waals surface area contributed by atoms with Crippen LogP contribution in [0.2, 0.25) is 0 Å². The van der Waals surface area contributed by atoms with Gasteiger partial charge < -0.3 is 16.2 Å². The summed E-state index contributed by atoms with van der Waals surface area (Å²) < 4.78 is 0. The summed E-state index contributed by atoms with van der Waals surface area (Å²) >= 11 is 0. The molecule has 0 aliphatic carbocycles. The van der Waals surface area contributed by atoms with Crippen LogP contribution in [0.1, 0.15) is 10.4 Å². The van der Waals surface area contributed by atoms with E-state index in [0.29, 0.717) is 13.1 Å². The first-order valence-corrected chi connectivity index (χ1v) is 4.01. The summed E-state index contributed by atoms with van der Waals surface area (Å²) in [6.07, 6.45) is 0. The van der Waals surface area contributed by atoms with Gasteiger partial charge in [-0.1, -0.05) is 6.07 Å². The zero-order valence-corrected chi connectivity index (χ0v) is 7.16. The Balaban J connectivity index is 2.73. The fourth-order valence-electron chi connectivity index (χ4n) is 0.979. The summed E-state index contributed by atoms with van der Waals surface area (Å²) in [5.74, 6) is -0.920. The van der Waals surface area contributed by atoms with Gasteiger partial charge in [0, 0.05) is 18.8 Å². The standard InChI is InChI=1S/C9H12N2O2/c10-4-5-11-8-3-1-2-7(6-8)9(12)13/h1-3,6,11H,4-5,10H2,(H,12,13). The smallest absolute Gasteiger partial charge is 0.335 e. The third-order valence-corrected chi connectivity index (χ3v) is 1.58. The highest BCUT2D eigenvalue weighted by Crippen LogP contribution is 2.09. The lowest BCUT2D eigenvalue weighted by atomic mass is 10.2. The van der Waals surface area contributed by atoms with Gasteiger partial charge in [0.2, 0.25) is 0 Å². The first kappa shape index (κ1) is 9.54. The second kappa shape index (κ2) is 4.47. The monoisotopic (exact) mass is 180 g/mol. The SMILES string of the molecule is NCCNc1cccc(C(=O)O)c1. The molecule has 0 heterocycles. The molecule has 1 rings (SSSR count). The molecule has 13 heavy (non-hydrogen) atoms. The number of benzene rings is 1. The average molecular weight is 180 g/mol. The molecular formula is C9H12N2O2. The van der Waals surface area contributed by atoms with Crippen molar-refractivity contribution in [2.75, 3.05) is 18.4 Å². The first-order chi connectivity index (χ1) is 6.24. The largest absolute Gasteiger partial charge is 0.478 e. The second-order valence-corrected chi connectivity index (χ2v) is 2.60. The molecule has 0 aliphatic heterocycles. The highest BCUT2D eigenvalue weighted by Gasteiger charge is 2.01. The molecule has 0 saturated carbocycles. The Morgan fingerprint density at radius 2 is 2.31 bits per heavy atom. The Labute approximate surface area is 76.4 Å². The van der Waals surface area contributed by atoms with Crippen LogP contribution in [-0.4, -0.2) is 24.2 Å². The summed E-state index contributed by atoms with van der Waals surface area (Å²) in [5.41, 5.74) is 6.36. The van der Waals surface area contributed by atoms with Crippen LogP contribution in [0.5, 0.6) is 0 Å². The highest BCUT2D eigenvalue weighted by molar-refractivity contribution is 5.88. The minimum absolute atomic E-state index is 0.280. The molecule has 0 atom stereocenters. The van der Waals surface area contributed by atoms with Gasteiger partial charge >= 0.3 is 5.97 Å². The predicted octanol–water partition coefficient (Wildman–Crippen LogP) is 0.755. The lowest BCUT2D eigenvalue weighted by Crippen LogP contribution is -2.13. The van der Waals surface area contributed by atoms with Crippen LogP contribution in [0.4, 0.5) is 5.69 Å². The van der Waals surface area contributed by atoms with Crippen LogP contribution in [0, 0.1) is 0 Å². The van der Waals surface area contributed by atoms with Gasteiger partial charge in [0.05, 0.1) is 5.56 Å². The summed E-state index contributed by atoms with van der Waals surface area (Å²) in [4.78, 5) is 10.6. The number of rotatable bonds is 4. The minimum Gasteiger partial charge on any atom is -0.478 e. The van der Waals surface area contributed by atoms with E-state index >= 15 is 0 Å². The molecule has 1 aromatic rings. The van der Waals surface area contributed by atoms with Crippen LogP contribution < -0.4 is 11.1 Å². The number of nitrogens with one attached hydrogen (secondary N) is 1. The van der Waals surface area contributed by atoms with Crippen molar-refractivity contribution in [2.45, 2.75) is 0 Å². The maximum atomic E-state index is 10.6. The topological polar surface area (TPSA) is 75.3 Å². The predicted molar refractivity (Wildman–Crippen MR) is 50.9 cm³/mol. The number of hydrogen-bond donors (Lipinski definition) is 3. The summed E-state index contributed by atoms with van der Waals surface area (Å²) in [6.45, 7) is 1.17. The molecule has 70 valence electrons. The quantitative estimate of drug-likeness (QED) is 0.639. The maximum Gasteiger partial charge on any atom is 0.335 e. The number of hydrogen-bond acceptors (Lipinski definition) is 3. The molecule has 0 amide bonds. The van der Waals surface area contributed by atoms with Crippen molar-refractivity contribution in [3.63, 3.8) is 0 Å². The average Bonchev–Trinajstić information content (AvgIpc) is 2.15. The van der Waals surface area contributed by atoms with Gasteiger partial charge in [-0.05, 0) is 18.2 Å². The van der Waals surface area contributed by atoms with Crippen molar-refractivity contribution in [1.29, 1.82) is 0 Å². The van der Waals surface area contributed by atoms with E-state index < -0.39 is 5.97 Å². The third-order valence-electron chi connectivity index (χ3n) is 1.58. The van der Waals surface area contributed by atoms with Crippen molar-refractivity contribution in [2.24, 2.45) is 5.73 Å². The molecule has 4 N–H and O–H groups in total. The van der Waals surface area contributed by atoms with Gasteiger partial charge in [-0.25, -0.2) is 4.79 Å². The maximum absolute atomic E-state index is 10.6. The van der Waals surface area contributed by atoms with Crippen molar-refractivity contribution in [3.05, 3.63) is 29.8 Å². The van der Waals surface area contributed by atoms with Crippen molar-refractivity contribution >= 4 is 11.7 Å². The van der Waals surface area contributed by atoms with Gasteiger partial charge in [0.25, 0.3) is 0 Å². The van der Waals surface area contributed by atoms with Crippen molar-refractivity contribution in [1.82, 2.24) is 0 Å². The molecule has 0 aromatic heterocycles. The highest BCUT2D eigenvalue weighted by atomic mass is 16.4. The van der Waals surface area contributed by atoms with Gasteiger partial charge in [-0.2, -0.15) is 0 Å². The number of anilines is 1. The van der Waals surface area contributed by atoms with E-state index in [1.54, 1.807) is 18.2 Å². The Morgan fingerprint density at radius 1 is 1.54 bits per heavy atom. The Hall–Kier alpha value is -1.55. The lowest BCUT2D eigenvalue weighted by molar-refractivity contribution is 0.0697. The molecule has 0 radical (unpaired) electrons. The zero-order chi connectivity index (χ0) is 9.68. The van der Waals surface area contributed by atoms with Crippen LogP contribution in [0.3, 0.4) is 0 Å². The molecule has 1 aromatic carbocycles. The molecule has 4 heteroatoms. The second-order valence-electron chi connectivity index (χ2n) is 2.60. The minimum atomic E-state index is -0.920. The number of carbonyl (C=O) groups is 1. The number of nitrogens with two attached hydrogens (primary N) is 1. The number of carboxylic acids is 1. The Morgan fingerprint density at radius 3 is 2.92 bits per heavy atom. The van der Waals surface area contributed by atoms with E-state index in [0.717, 1.165) is 5.69 Å². The van der Waals surface area contributed by atoms with Crippen molar-refractivity contribution < 1.29 is 9.90 Å². The zero-order valence-electron chi connectivity index (χ0n) is 7.16. The third kappa shape index (κ3) is 2.76. The normalized spacial score (nSPS) is 9.62. The van der Waals surface area contributed by atoms with E-state index in [2.05, 4.69) is 5.32 Å². The molecule has 0 saturated heterocycles. The van der Waals surface area contributed by atoms with Gasteiger partial charge in [0.15, 0.2) is 0 Å². The molecule has 0 fully saturated rings. The molecule has 0 aliphatic rings. The summed E-state index contributed by atoms with van der Waals surface area (Å²) in [7, 11) is 0. The van der Waals surface area contributed by atoms with Gasteiger partial charge in [-0.3, -0.25) is 0 Å². The van der Waals surface area contributed by atoms with E-state index in [-0.39, 0.29) is 5.56 Å². The van der Waals surface area contributed by atoms with Crippen LogP contribution in [0.25, 0.3) is 0 Å². The fourth-order valence-corrected chi connectivity index (χ4v) is 0.979. The van der Waals surface area contributed by atoms with Gasteiger partial charge in [0.1, 0.15) is 0 Å². The number of carboxylic acid groups (broad SMARTS) is 1. The van der Waals surface area contributed by atoms with Crippen LogP contribution >= 0.6 is 0 Å². The van der Waals surface area contributed by atoms with Crippen LogP contribution in [0.15, 0.2) is 24.3 Å².